The van der Waals surface area contributed by atoms with Crippen LogP contribution >= 0.6 is 11.6 Å². The van der Waals surface area contributed by atoms with Crippen LogP contribution < -0.4 is 10.6 Å². The molecule has 0 unspecified atom stereocenters. The molecule has 0 aromatic heterocycles. The largest absolute Gasteiger partial charge is 0.356 e. The molecule has 0 spiro atoms. The van der Waals surface area contributed by atoms with Gasteiger partial charge in [0, 0.05) is 38.2 Å². The molecule has 2 N–H and O–H groups in total. The van der Waals surface area contributed by atoms with Crippen molar-refractivity contribution in [3.63, 3.8) is 0 Å². The quantitative estimate of drug-likeness (QED) is 0.441. The summed E-state index contributed by atoms with van der Waals surface area (Å²) in [6.07, 6.45) is 3.30. The Balaban J connectivity index is 1.59. The molecule has 0 atom stereocenters. The molecule has 2 rings (SSSR count). The van der Waals surface area contributed by atoms with Crippen LogP contribution in [0, 0.1) is 0 Å². The van der Waals surface area contributed by atoms with E-state index in [1.165, 1.54) is 38.2 Å². The Hall–Kier alpha value is -1.30. The van der Waals surface area contributed by atoms with E-state index in [4.69, 9.17) is 11.6 Å². The number of benzene rings is 1. The number of rotatable bonds is 7. The van der Waals surface area contributed by atoms with E-state index in [2.05, 4.69) is 38.5 Å². The molecule has 0 amide bonds. The Morgan fingerprint density at radius 3 is 2.72 bits per heavy atom. The van der Waals surface area contributed by atoms with Gasteiger partial charge in [0.2, 0.25) is 0 Å². The third-order valence-corrected chi connectivity index (χ3v) is 4.99. The van der Waals surface area contributed by atoms with Gasteiger partial charge in [-0.15, -0.1) is 0 Å². The Bertz CT molecular complexity index is 534. The van der Waals surface area contributed by atoms with Crippen molar-refractivity contribution in [3.05, 3.63) is 34.9 Å². The second kappa shape index (κ2) is 11.3. The average Bonchev–Trinajstić information content (AvgIpc) is 2.83. The van der Waals surface area contributed by atoms with Crippen LogP contribution in [0.25, 0.3) is 0 Å². The fourth-order valence-corrected chi connectivity index (χ4v) is 3.30. The SMILES string of the molecule is CN=C(NCCCN1CCCN(C)CC1)NCCc1ccccc1Cl. The molecule has 0 aliphatic carbocycles. The monoisotopic (exact) mass is 365 g/mol. The first-order valence-electron chi connectivity index (χ1n) is 9.28. The third kappa shape index (κ3) is 7.63. The molecular weight excluding hydrogens is 334 g/mol. The van der Waals surface area contributed by atoms with Gasteiger partial charge in [-0.1, -0.05) is 29.8 Å². The second-order valence-electron chi connectivity index (χ2n) is 6.62. The topological polar surface area (TPSA) is 42.9 Å². The Kier molecular flexibility index (Phi) is 9.08. The molecule has 140 valence electrons. The molecular formula is C19H32ClN5. The zero-order chi connectivity index (χ0) is 17.9. The van der Waals surface area contributed by atoms with Gasteiger partial charge in [-0.05, 0) is 57.6 Å². The van der Waals surface area contributed by atoms with E-state index in [0.717, 1.165) is 43.5 Å². The molecule has 1 aromatic rings. The summed E-state index contributed by atoms with van der Waals surface area (Å²) in [7, 11) is 4.03. The van der Waals surface area contributed by atoms with E-state index in [1.54, 1.807) is 0 Å². The summed E-state index contributed by atoms with van der Waals surface area (Å²) in [4.78, 5) is 9.28. The molecule has 1 aliphatic heterocycles. The van der Waals surface area contributed by atoms with Gasteiger partial charge in [-0.25, -0.2) is 0 Å². The lowest BCUT2D eigenvalue weighted by atomic mass is 10.1. The lowest BCUT2D eigenvalue weighted by Gasteiger charge is -2.20. The van der Waals surface area contributed by atoms with Crippen molar-refractivity contribution < 1.29 is 0 Å². The lowest BCUT2D eigenvalue weighted by Crippen LogP contribution is -2.40. The summed E-state index contributed by atoms with van der Waals surface area (Å²) in [6.45, 7) is 7.71. The number of likely N-dealkylation sites (N-methyl/N-ethyl adjacent to an activating group) is 1. The molecule has 1 saturated heterocycles. The van der Waals surface area contributed by atoms with Gasteiger partial charge in [0.1, 0.15) is 0 Å². The number of halogens is 1. The molecule has 1 heterocycles. The summed E-state index contributed by atoms with van der Waals surface area (Å²) in [5, 5.41) is 7.59. The van der Waals surface area contributed by atoms with Gasteiger partial charge in [0.05, 0.1) is 0 Å². The van der Waals surface area contributed by atoms with Gasteiger partial charge in [0.15, 0.2) is 5.96 Å². The van der Waals surface area contributed by atoms with Crippen LogP contribution in [-0.2, 0) is 6.42 Å². The predicted molar refractivity (Wildman–Crippen MR) is 108 cm³/mol. The van der Waals surface area contributed by atoms with E-state index < -0.39 is 0 Å². The van der Waals surface area contributed by atoms with Gasteiger partial charge >= 0.3 is 0 Å². The molecule has 1 fully saturated rings. The number of guanidine groups is 1. The molecule has 0 radical (unpaired) electrons. The van der Waals surface area contributed by atoms with Crippen LogP contribution in [0.5, 0.6) is 0 Å². The van der Waals surface area contributed by atoms with Crippen molar-refractivity contribution in [2.24, 2.45) is 4.99 Å². The average molecular weight is 366 g/mol. The molecule has 1 aliphatic rings. The number of aliphatic imine (C=N–C) groups is 1. The maximum absolute atomic E-state index is 6.19. The highest BCUT2D eigenvalue weighted by Gasteiger charge is 2.11. The third-order valence-electron chi connectivity index (χ3n) is 4.62. The molecule has 25 heavy (non-hydrogen) atoms. The van der Waals surface area contributed by atoms with E-state index in [9.17, 15) is 0 Å². The zero-order valence-electron chi connectivity index (χ0n) is 15.6. The van der Waals surface area contributed by atoms with Crippen molar-refractivity contribution in [2.45, 2.75) is 19.3 Å². The van der Waals surface area contributed by atoms with Crippen LogP contribution in [0.3, 0.4) is 0 Å². The summed E-state index contributed by atoms with van der Waals surface area (Å²) < 4.78 is 0. The van der Waals surface area contributed by atoms with Crippen molar-refractivity contribution >= 4 is 17.6 Å². The first-order chi connectivity index (χ1) is 12.2. The van der Waals surface area contributed by atoms with Crippen LogP contribution in [0.15, 0.2) is 29.3 Å². The summed E-state index contributed by atoms with van der Waals surface area (Å²) in [5.41, 5.74) is 1.17. The second-order valence-corrected chi connectivity index (χ2v) is 7.03. The number of nitrogens with zero attached hydrogens (tertiary/aromatic N) is 3. The maximum Gasteiger partial charge on any atom is 0.190 e. The number of hydrogen-bond donors (Lipinski definition) is 2. The van der Waals surface area contributed by atoms with Crippen LogP contribution in [0.1, 0.15) is 18.4 Å². The maximum atomic E-state index is 6.19. The number of hydrogen-bond acceptors (Lipinski definition) is 3. The zero-order valence-corrected chi connectivity index (χ0v) is 16.4. The Morgan fingerprint density at radius 2 is 1.92 bits per heavy atom. The number of nitrogens with one attached hydrogen (secondary N) is 2. The fourth-order valence-electron chi connectivity index (χ4n) is 3.07. The lowest BCUT2D eigenvalue weighted by molar-refractivity contribution is 0.274. The van der Waals surface area contributed by atoms with Crippen molar-refractivity contribution in [1.82, 2.24) is 20.4 Å². The van der Waals surface area contributed by atoms with E-state index in [1.807, 2.05) is 25.2 Å². The van der Waals surface area contributed by atoms with Gasteiger partial charge < -0.3 is 20.4 Å². The van der Waals surface area contributed by atoms with E-state index >= 15 is 0 Å². The van der Waals surface area contributed by atoms with Crippen molar-refractivity contribution in [3.8, 4) is 0 Å². The van der Waals surface area contributed by atoms with Crippen LogP contribution in [0.2, 0.25) is 5.02 Å². The first-order valence-corrected chi connectivity index (χ1v) is 9.65. The normalized spacial score (nSPS) is 17.3. The van der Waals surface area contributed by atoms with Crippen LogP contribution in [-0.4, -0.2) is 75.7 Å². The Labute approximate surface area is 157 Å². The summed E-state index contributed by atoms with van der Waals surface area (Å²) in [6, 6.07) is 7.99. The summed E-state index contributed by atoms with van der Waals surface area (Å²) in [5.74, 6) is 0.864. The minimum absolute atomic E-state index is 0.821. The molecule has 1 aromatic carbocycles. The standard InChI is InChI=1S/C19H32ClN5/c1-21-19(23-11-9-17-7-3-4-8-18(17)20)22-10-5-13-25-14-6-12-24(2)15-16-25/h3-4,7-8H,5-6,9-16H2,1-2H3,(H2,21,22,23). The highest BCUT2D eigenvalue weighted by Crippen LogP contribution is 2.14. The summed E-state index contributed by atoms with van der Waals surface area (Å²) >= 11 is 6.19. The molecule has 5 nitrogen and oxygen atoms in total. The Morgan fingerprint density at radius 1 is 1.12 bits per heavy atom. The van der Waals surface area contributed by atoms with Crippen molar-refractivity contribution in [1.29, 1.82) is 0 Å². The van der Waals surface area contributed by atoms with Gasteiger partial charge in [-0.3, -0.25) is 4.99 Å². The molecule has 0 saturated carbocycles. The van der Waals surface area contributed by atoms with Gasteiger partial charge in [0.25, 0.3) is 0 Å². The minimum atomic E-state index is 0.821. The highest BCUT2D eigenvalue weighted by molar-refractivity contribution is 6.31. The smallest absolute Gasteiger partial charge is 0.190 e. The predicted octanol–water partition coefficient (Wildman–Crippen LogP) is 2.08. The molecule has 0 bridgehead atoms. The highest BCUT2D eigenvalue weighted by atomic mass is 35.5. The fraction of sp³-hybridized carbons (Fsp3) is 0.632. The van der Waals surface area contributed by atoms with E-state index in [-0.39, 0.29) is 0 Å². The first kappa shape index (κ1) is 20.0. The van der Waals surface area contributed by atoms with E-state index in [0.29, 0.717) is 0 Å². The molecule has 6 heteroatoms. The van der Waals surface area contributed by atoms with Gasteiger partial charge in [-0.2, -0.15) is 0 Å². The van der Waals surface area contributed by atoms with Crippen molar-refractivity contribution in [2.75, 3.05) is 59.9 Å². The van der Waals surface area contributed by atoms with Crippen LogP contribution in [0.4, 0.5) is 0 Å². The minimum Gasteiger partial charge on any atom is -0.356 e.